The zero-order chi connectivity index (χ0) is 14.5. The Bertz CT molecular complexity index is 617. The number of nitro groups is 1. The van der Waals surface area contributed by atoms with Crippen LogP contribution in [0.4, 0.5) is 10.1 Å². The van der Waals surface area contributed by atoms with Crippen LogP contribution in [0.25, 0.3) is 10.6 Å². The maximum Gasteiger partial charge on any atom is 0.273 e. The summed E-state index contributed by atoms with van der Waals surface area (Å²) in [5.41, 5.74) is 0.0981. The van der Waals surface area contributed by atoms with E-state index >= 15 is 0 Å². The van der Waals surface area contributed by atoms with Gasteiger partial charge in [-0.1, -0.05) is 11.3 Å². The number of non-ortho nitro benzene ring substituents is 1. The van der Waals surface area contributed by atoms with Gasteiger partial charge in [0, 0.05) is 18.1 Å². The number of nitrogens with one attached hydrogen (secondary N) is 1. The summed E-state index contributed by atoms with van der Waals surface area (Å²) in [6.45, 7) is 0.875. The quantitative estimate of drug-likeness (QED) is 0.503. The average molecular weight is 296 g/mol. The molecule has 2 aromatic rings. The minimum absolute atomic E-state index is 0.285. The normalized spacial score (nSPS) is 10.7. The number of hydrogen-bond acceptors (Lipinski definition) is 6. The molecule has 6 nitrogen and oxygen atoms in total. The molecule has 0 aliphatic rings. The summed E-state index contributed by atoms with van der Waals surface area (Å²) in [6, 6.07) is 3.42. The molecule has 0 radical (unpaired) electrons. The summed E-state index contributed by atoms with van der Waals surface area (Å²) >= 11 is 1.33. The van der Waals surface area contributed by atoms with Gasteiger partial charge in [-0.05, 0) is 26.1 Å². The van der Waals surface area contributed by atoms with Crippen molar-refractivity contribution in [3.63, 3.8) is 0 Å². The molecule has 0 saturated carbocycles. The first kappa shape index (κ1) is 14.5. The molecule has 0 aliphatic carbocycles. The molecule has 2 rings (SSSR count). The smallest absolute Gasteiger partial charge is 0.273 e. The largest absolute Gasteiger partial charge is 0.320 e. The van der Waals surface area contributed by atoms with Gasteiger partial charge >= 0.3 is 0 Å². The highest BCUT2D eigenvalue weighted by molar-refractivity contribution is 7.14. The fourth-order valence-corrected chi connectivity index (χ4v) is 2.56. The summed E-state index contributed by atoms with van der Waals surface area (Å²) in [4.78, 5) is 10.1. The third kappa shape index (κ3) is 3.55. The topological polar surface area (TPSA) is 81.0 Å². The van der Waals surface area contributed by atoms with E-state index in [-0.39, 0.29) is 5.69 Å². The van der Waals surface area contributed by atoms with Crippen molar-refractivity contribution in [2.75, 3.05) is 13.6 Å². The maximum absolute atomic E-state index is 13.4. The zero-order valence-corrected chi connectivity index (χ0v) is 11.6. The minimum Gasteiger partial charge on any atom is -0.320 e. The van der Waals surface area contributed by atoms with Gasteiger partial charge in [-0.15, -0.1) is 10.2 Å². The van der Waals surface area contributed by atoms with Crippen molar-refractivity contribution in [3.05, 3.63) is 39.1 Å². The number of aryl methyl sites for hydroxylation is 1. The molecule has 0 amide bonds. The molecular weight excluding hydrogens is 283 g/mol. The highest BCUT2D eigenvalue weighted by Gasteiger charge is 2.14. The zero-order valence-electron chi connectivity index (χ0n) is 10.8. The average Bonchev–Trinajstić information content (AvgIpc) is 2.87. The van der Waals surface area contributed by atoms with Crippen LogP contribution in [0.3, 0.4) is 0 Å². The molecular formula is C12H13FN4O2S. The van der Waals surface area contributed by atoms with E-state index in [1.54, 1.807) is 0 Å². The fraction of sp³-hybridized carbons (Fsp3) is 0.333. The van der Waals surface area contributed by atoms with Crippen molar-refractivity contribution in [1.82, 2.24) is 15.5 Å². The van der Waals surface area contributed by atoms with Crippen LogP contribution < -0.4 is 5.32 Å². The second-order valence-electron chi connectivity index (χ2n) is 4.16. The molecule has 0 unspecified atom stereocenters. The van der Waals surface area contributed by atoms with Gasteiger partial charge in [0.1, 0.15) is 15.8 Å². The lowest BCUT2D eigenvalue weighted by atomic mass is 10.2. The number of aromatic nitrogens is 2. The molecule has 0 atom stereocenters. The summed E-state index contributed by atoms with van der Waals surface area (Å²) < 4.78 is 13.4. The minimum atomic E-state index is -0.652. The molecule has 0 bridgehead atoms. The Balaban J connectivity index is 2.21. The molecule has 1 N–H and O–H groups in total. The van der Waals surface area contributed by atoms with Crippen LogP contribution in [-0.2, 0) is 6.42 Å². The molecule has 1 aromatic carbocycles. The van der Waals surface area contributed by atoms with Crippen molar-refractivity contribution in [1.29, 1.82) is 0 Å². The van der Waals surface area contributed by atoms with Gasteiger partial charge in [0.05, 0.1) is 11.0 Å². The van der Waals surface area contributed by atoms with E-state index in [2.05, 4.69) is 15.5 Å². The SMILES string of the molecule is CNCCCc1nnc(-c2cc(F)cc([N+](=O)[O-])c2)s1. The number of nitrogens with zero attached hydrogens (tertiary/aromatic N) is 3. The van der Waals surface area contributed by atoms with Gasteiger partial charge in [0.2, 0.25) is 0 Å². The standard InChI is InChI=1S/C12H13FN4O2S/c1-14-4-2-3-11-15-16-12(20-11)8-5-9(13)7-10(6-8)17(18)19/h5-7,14H,2-4H2,1H3. The van der Waals surface area contributed by atoms with Gasteiger partial charge in [-0.3, -0.25) is 10.1 Å². The Morgan fingerprint density at radius 3 is 2.90 bits per heavy atom. The molecule has 0 aliphatic heterocycles. The van der Waals surface area contributed by atoms with E-state index < -0.39 is 10.7 Å². The van der Waals surface area contributed by atoms with Crippen LogP contribution >= 0.6 is 11.3 Å². The van der Waals surface area contributed by atoms with Crippen molar-refractivity contribution in [3.8, 4) is 10.6 Å². The first-order valence-corrected chi connectivity index (χ1v) is 6.84. The predicted molar refractivity (Wildman–Crippen MR) is 74.2 cm³/mol. The summed E-state index contributed by atoms with van der Waals surface area (Å²) in [6.07, 6.45) is 1.70. The Morgan fingerprint density at radius 2 is 2.20 bits per heavy atom. The third-order valence-corrected chi connectivity index (χ3v) is 3.66. The molecule has 20 heavy (non-hydrogen) atoms. The number of nitro benzene ring substituents is 1. The number of hydrogen-bond donors (Lipinski definition) is 1. The van der Waals surface area contributed by atoms with Crippen LogP contribution in [0.1, 0.15) is 11.4 Å². The lowest BCUT2D eigenvalue weighted by Gasteiger charge is -1.97. The van der Waals surface area contributed by atoms with Crippen LogP contribution in [0, 0.1) is 15.9 Å². The van der Waals surface area contributed by atoms with Crippen molar-refractivity contribution in [2.45, 2.75) is 12.8 Å². The van der Waals surface area contributed by atoms with Gasteiger partial charge in [0.15, 0.2) is 0 Å². The molecule has 0 spiro atoms. The van der Waals surface area contributed by atoms with E-state index in [9.17, 15) is 14.5 Å². The number of rotatable bonds is 6. The van der Waals surface area contributed by atoms with Crippen LogP contribution in [-0.4, -0.2) is 28.7 Å². The third-order valence-electron chi connectivity index (χ3n) is 2.62. The monoisotopic (exact) mass is 296 g/mol. The van der Waals surface area contributed by atoms with E-state index in [4.69, 9.17) is 0 Å². The molecule has 1 heterocycles. The van der Waals surface area contributed by atoms with Crippen molar-refractivity contribution >= 4 is 17.0 Å². The maximum atomic E-state index is 13.4. The van der Waals surface area contributed by atoms with E-state index in [1.807, 2.05) is 7.05 Å². The highest BCUT2D eigenvalue weighted by Crippen LogP contribution is 2.28. The summed E-state index contributed by atoms with van der Waals surface area (Å²) in [7, 11) is 1.87. The lowest BCUT2D eigenvalue weighted by Crippen LogP contribution is -2.08. The summed E-state index contributed by atoms with van der Waals surface area (Å²) in [5.74, 6) is -0.652. The fourth-order valence-electron chi connectivity index (χ4n) is 1.69. The van der Waals surface area contributed by atoms with Gasteiger partial charge < -0.3 is 5.32 Å². The molecule has 1 aromatic heterocycles. The van der Waals surface area contributed by atoms with Crippen molar-refractivity contribution in [2.24, 2.45) is 0 Å². The second-order valence-corrected chi connectivity index (χ2v) is 5.23. The van der Waals surface area contributed by atoms with Crippen molar-refractivity contribution < 1.29 is 9.31 Å². The lowest BCUT2D eigenvalue weighted by molar-refractivity contribution is -0.385. The number of halogens is 1. The van der Waals surface area contributed by atoms with E-state index in [0.717, 1.165) is 30.5 Å². The summed E-state index contributed by atoms with van der Waals surface area (Å²) in [5, 5.41) is 23.1. The van der Waals surface area contributed by atoms with Gasteiger partial charge in [-0.2, -0.15) is 0 Å². The molecule has 106 valence electrons. The first-order chi connectivity index (χ1) is 9.60. The highest BCUT2D eigenvalue weighted by atomic mass is 32.1. The van der Waals surface area contributed by atoms with E-state index in [0.29, 0.717) is 10.6 Å². The van der Waals surface area contributed by atoms with Crippen LogP contribution in [0.15, 0.2) is 18.2 Å². The molecule has 0 saturated heterocycles. The Hall–Kier alpha value is -1.93. The molecule has 0 fully saturated rings. The Kier molecular flexibility index (Phi) is 4.70. The second kappa shape index (κ2) is 6.49. The van der Waals surface area contributed by atoms with E-state index in [1.165, 1.54) is 23.5 Å². The van der Waals surface area contributed by atoms with Gasteiger partial charge in [0.25, 0.3) is 5.69 Å². The van der Waals surface area contributed by atoms with Crippen LogP contribution in [0.2, 0.25) is 0 Å². The predicted octanol–water partition coefficient (Wildman–Crippen LogP) is 2.40. The molecule has 8 heteroatoms. The van der Waals surface area contributed by atoms with Gasteiger partial charge in [-0.25, -0.2) is 4.39 Å². The number of benzene rings is 1. The Morgan fingerprint density at radius 1 is 1.40 bits per heavy atom. The first-order valence-electron chi connectivity index (χ1n) is 6.02. The van der Waals surface area contributed by atoms with Crippen LogP contribution in [0.5, 0.6) is 0 Å². The Labute approximate surface area is 118 Å².